The smallest absolute Gasteiger partial charge is 0.408 e. The van der Waals surface area contributed by atoms with E-state index in [1.165, 1.54) is 18.9 Å². The molecule has 10 heteroatoms. The minimum atomic E-state index is -1.36. The molecule has 0 aromatic heterocycles. The second-order valence-electron chi connectivity index (χ2n) is 10.1. The number of amides is 3. The number of esters is 1. The lowest BCUT2D eigenvalue weighted by molar-refractivity contribution is -0.144. The first-order valence-electron chi connectivity index (χ1n) is 14.3. The van der Waals surface area contributed by atoms with Gasteiger partial charge in [-0.1, -0.05) is 121 Å². The van der Waals surface area contributed by atoms with Crippen LogP contribution in [0.5, 0.6) is 0 Å². The molecule has 4 N–H and O–H groups in total. The fourth-order valence-corrected chi connectivity index (χ4v) is 6.40. The summed E-state index contributed by atoms with van der Waals surface area (Å²) < 4.78 is 9.45. The van der Waals surface area contributed by atoms with Crippen LogP contribution in [0.3, 0.4) is 0 Å². The number of hydrogen-bond acceptors (Lipinski definition) is 7. The molecule has 4 aromatic carbocycles. The third-order valence-corrected chi connectivity index (χ3v) is 8.71. The topological polar surface area (TPSA) is 137 Å². The first-order valence-corrected chi connectivity index (χ1v) is 15.3. The summed E-state index contributed by atoms with van der Waals surface area (Å²) in [6.45, 7) is -0.0298. The zero-order chi connectivity index (χ0) is 32.1. The number of carbonyl (C=O) groups excluding carboxylic acids is 4. The molecule has 9 nitrogen and oxygen atoms in total. The number of nitrogens with one attached hydrogen (secondary N) is 2. The number of benzene rings is 4. The molecule has 0 aliphatic heterocycles. The largest absolute Gasteiger partial charge is 0.467 e. The van der Waals surface area contributed by atoms with Crippen LogP contribution in [0.25, 0.3) is 0 Å². The maximum Gasteiger partial charge on any atom is 0.408 e. The summed E-state index contributed by atoms with van der Waals surface area (Å²) >= 11 is 1.47. The summed E-state index contributed by atoms with van der Waals surface area (Å²) in [6.07, 6.45) is -1.41. The fourth-order valence-electron chi connectivity index (χ4n) is 4.86. The molecule has 0 heterocycles. The van der Waals surface area contributed by atoms with Crippen molar-refractivity contribution < 1.29 is 28.7 Å². The molecule has 2 atom stereocenters. The zero-order valence-electron chi connectivity index (χ0n) is 24.8. The molecular weight excluding hydrogens is 590 g/mol. The van der Waals surface area contributed by atoms with E-state index in [1.54, 1.807) is 24.3 Å². The number of alkyl carbamates (subject to hydrolysis) is 1. The van der Waals surface area contributed by atoms with Gasteiger partial charge in [0.1, 0.15) is 18.7 Å². The van der Waals surface area contributed by atoms with Gasteiger partial charge < -0.3 is 25.8 Å². The summed E-state index contributed by atoms with van der Waals surface area (Å²) in [5.41, 5.74) is 9.17. The second-order valence-corrected chi connectivity index (χ2v) is 11.3. The third-order valence-electron chi connectivity index (χ3n) is 7.07. The number of carbonyl (C=O) groups is 4. The van der Waals surface area contributed by atoms with Crippen molar-refractivity contribution in [2.75, 3.05) is 12.9 Å². The predicted molar refractivity (Wildman–Crippen MR) is 173 cm³/mol. The number of hydrogen-bond donors (Lipinski definition) is 3. The first-order chi connectivity index (χ1) is 21.8. The van der Waals surface area contributed by atoms with E-state index in [1.807, 2.05) is 97.1 Å². The summed E-state index contributed by atoms with van der Waals surface area (Å²) in [6, 6.07) is 36.2. The molecule has 3 amide bonds. The number of rotatable bonds is 14. The molecule has 0 saturated heterocycles. The van der Waals surface area contributed by atoms with E-state index in [-0.39, 0.29) is 12.4 Å². The number of methoxy groups -OCH3 is 1. The highest BCUT2D eigenvalue weighted by atomic mass is 32.2. The Morgan fingerprint density at radius 1 is 0.711 bits per heavy atom. The van der Waals surface area contributed by atoms with Crippen molar-refractivity contribution in [3.63, 3.8) is 0 Å². The van der Waals surface area contributed by atoms with Gasteiger partial charge in [-0.25, -0.2) is 9.59 Å². The Hall–Kier alpha value is -5.09. The summed E-state index contributed by atoms with van der Waals surface area (Å²) in [7, 11) is 1.24. The number of primary amides is 1. The minimum Gasteiger partial charge on any atom is -0.467 e. The standard InChI is InChI=1S/C35H35N3O6S/c1-43-33(41)30(37-31(39)22-29(32(36)40)38-34(42)44-23-25-14-6-2-7-15-25)24-45-35(26-16-8-3-9-17-26,27-18-10-4-11-19-27)28-20-12-5-13-21-28/h2-21,29-30H,22-24H2,1H3,(H2,36,40)(H,37,39)(H,38,42)/t29-,30-/m0/s1. The second kappa shape index (κ2) is 16.1. The Morgan fingerprint density at radius 2 is 1.18 bits per heavy atom. The lowest BCUT2D eigenvalue weighted by Crippen LogP contribution is -2.50. The van der Waals surface area contributed by atoms with Crippen LogP contribution in [-0.4, -0.2) is 48.8 Å². The van der Waals surface area contributed by atoms with Gasteiger partial charge in [-0.3, -0.25) is 9.59 Å². The third kappa shape index (κ3) is 8.73. The van der Waals surface area contributed by atoms with Crippen LogP contribution in [0.15, 0.2) is 121 Å². The van der Waals surface area contributed by atoms with E-state index in [0.717, 1.165) is 22.3 Å². The average molecular weight is 626 g/mol. The summed E-state index contributed by atoms with van der Waals surface area (Å²) in [5.74, 6) is -2.15. The SMILES string of the molecule is COC(=O)[C@H](CSC(c1ccccc1)(c1ccccc1)c1ccccc1)NC(=O)C[C@H](NC(=O)OCc1ccccc1)C(N)=O. The number of thioether (sulfide) groups is 1. The van der Waals surface area contributed by atoms with Gasteiger partial charge in [-0.2, -0.15) is 0 Å². The highest BCUT2D eigenvalue weighted by Gasteiger charge is 2.39. The Balaban J connectivity index is 1.53. The van der Waals surface area contributed by atoms with Crippen molar-refractivity contribution >= 4 is 35.6 Å². The van der Waals surface area contributed by atoms with Gasteiger partial charge in [0.05, 0.1) is 18.3 Å². The molecule has 0 spiro atoms. The zero-order valence-corrected chi connectivity index (χ0v) is 25.6. The Kier molecular flexibility index (Phi) is 11.8. The van der Waals surface area contributed by atoms with E-state index < -0.39 is 47.1 Å². The van der Waals surface area contributed by atoms with Crippen LogP contribution in [0.4, 0.5) is 4.79 Å². The van der Waals surface area contributed by atoms with E-state index >= 15 is 0 Å². The van der Waals surface area contributed by atoms with Gasteiger partial charge >= 0.3 is 12.1 Å². The lowest BCUT2D eigenvalue weighted by atomic mass is 9.84. The number of nitrogens with two attached hydrogens (primary N) is 1. The molecule has 45 heavy (non-hydrogen) atoms. The van der Waals surface area contributed by atoms with Gasteiger partial charge in [0.25, 0.3) is 0 Å². The van der Waals surface area contributed by atoms with E-state index in [4.69, 9.17) is 15.2 Å². The molecule has 0 saturated carbocycles. The molecule has 232 valence electrons. The maximum atomic E-state index is 13.2. The highest BCUT2D eigenvalue weighted by Crippen LogP contribution is 2.48. The van der Waals surface area contributed by atoms with Crippen LogP contribution in [0.1, 0.15) is 28.7 Å². The van der Waals surface area contributed by atoms with Crippen LogP contribution in [-0.2, 0) is 35.2 Å². The van der Waals surface area contributed by atoms with E-state index in [2.05, 4.69) is 10.6 Å². The molecule has 4 aromatic rings. The van der Waals surface area contributed by atoms with Crippen molar-refractivity contribution in [1.82, 2.24) is 10.6 Å². The number of ether oxygens (including phenoxy) is 2. The molecule has 0 fully saturated rings. The first kappa shape index (κ1) is 32.8. The summed E-state index contributed by atoms with van der Waals surface area (Å²) in [4.78, 5) is 50.6. The molecule has 0 radical (unpaired) electrons. The highest BCUT2D eigenvalue weighted by molar-refractivity contribution is 8.00. The lowest BCUT2D eigenvalue weighted by Gasteiger charge is -2.36. The van der Waals surface area contributed by atoms with Crippen LogP contribution in [0.2, 0.25) is 0 Å². The van der Waals surface area contributed by atoms with Crippen LogP contribution < -0.4 is 16.4 Å². The summed E-state index contributed by atoms with van der Waals surface area (Å²) in [5, 5.41) is 5.01. The van der Waals surface area contributed by atoms with Crippen molar-refractivity contribution in [3.05, 3.63) is 144 Å². The normalized spacial score (nSPS) is 12.3. The molecule has 0 unspecified atom stereocenters. The van der Waals surface area contributed by atoms with Gasteiger partial charge in [-0.15, -0.1) is 11.8 Å². The monoisotopic (exact) mass is 625 g/mol. The van der Waals surface area contributed by atoms with Gasteiger partial charge in [0, 0.05) is 5.75 Å². The van der Waals surface area contributed by atoms with E-state index in [9.17, 15) is 19.2 Å². The molecule has 4 rings (SSSR count). The van der Waals surface area contributed by atoms with Crippen molar-refractivity contribution in [3.8, 4) is 0 Å². The van der Waals surface area contributed by atoms with E-state index in [0.29, 0.717) is 0 Å². The van der Waals surface area contributed by atoms with Crippen molar-refractivity contribution in [2.45, 2.75) is 29.9 Å². The minimum absolute atomic E-state index is 0.0298. The Bertz CT molecular complexity index is 1460. The van der Waals surface area contributed by atoms with Gasteiger partial charge in [-0.05, 0) is 22.3 Å². The van der Waals surface area contributed by atoms with Crippen molar-refractivity contribution in [2.24, 2.45) is 5.73 Å². The molecule has 0 aliphatic carbocycles. The molecule has 0 aliphatic rings. The van der Waals surface area contributed by atoms with Gasteiger partial charge in [0.2, 0.25) is 11.8 Å². The average Bonchev–Trinajstić information content (AvgIpc) is 3.08. The fraction of sp³-hybridized carbons (Fsp3) is 0.200. The maximum absolute atomic E-state index is 13.2. The van der Waals surface area contributed by atoms with Crippen molar-refractivity contribution in [1.29, 1.82) is 0 Å². The van der Waals surface area contributed by atoms with Gasteiger partial charge in [0.15, 0.2) is 0 Å². The predicted octanol–water partition coefficient (Wildman–Crippen LogP) is 4.54. The van der Waals surface area contributed by atoms with Crippen LogP contribution in [0, 0.1) is 0 Å². The molecule has 0 bridgehead atoms. The van der Waals surface area contributed by atoms with Crippen LogP contribution >= 0.6 is 11.8 Å². The Morgan fingerprint density at radius 3 is 1.62 bits per heavy atom. The quantitative estimate of drug-likeness (QED) is 0.138. The Labute approximate surface area is 266 Å². The molecular formula is C35H35N3O6S.